The maximum Gasteiger partial charge on any atom is 0.130 e. The summed E-state index contributed by atoms with van der Waals surface area (Å²) in [4.78, 5) is 0. The summed E-state index contributed by atoms with van der Waals surface area (Å²) in [5, 5.41) is 13.9. The van der Waals surface area contributed by atoms with Gasteiger partial charge in [0.1, 0.15) is 5.69 Å². The van der Waals surface area contributed by atoms with Crippen molar-refractivity contribution < 1.29 is 0 Å². The molecule has 0 unspecified atom stereocenters. The van der Waals surface area contributed by atoms with Gasteiger partial charge >= 0.3 is 0 Å². The van der Waals surface area contributed by atoms with E-state index in [1.54, 1.807) is 0 Å². The van der Waals surface area contributed by atoms with E-state index in [9.17, 15) is 0 Å². The lowest BCUT2D eigenvalue weighted by molar-refractivity contribution is 0.833. The van der Waals surface area contributed by atoms with Gasteiger partial charge in [0.05, 0.1) is 22.8 Å². The Bertz CT molecular complexity index is 805. The lowest BCUT2D eigenvalue weighted by atomic mass is 10.3. The van der Waals surface area contributed by atoms with Crippen LogP contribution in [-0.4, -0.2) is 9.78 Å². The quantitative estimate of drug-likeness (QED) is 0.584. The van der Waals surface area contributed by atoms with E-state index in [1.807, 2.05) is 73.1 Å². The Morgan fingerprint density at radius 3 is 2.27 bits per heavy atom. The van der Waals surface area contributed by atoms with Gasteiger partial charge in [-0.15, -0.1) is 5.11 Å². The molecule has 0 amide bonds. The summed E-state index contributed by atoms with van der Waals surface area (Å²) in [7, 11) is 0. The van der Waals surface area contributed by atoms with E-state index in [1.165, 1.54) is 0 Å². The summed E-state index contributed by atoms with van der Waals surface area (Å²) in [6.07, 6.45) is 0. The van der Waals surface area contributed by atoms with Crippen LogP contribution in [0.3, 0.4) is 0 Å². The second kappa shape index (κ2) is 6.12. The van der Waals surface area contributed by atoms with E-state index in [-0.39, 0.29) is 0 Å². The third-order valence-corrected chi connectivity index (χ3v) is 3.60. The van der Waals surface area contributed by atoms with Crippen molar-refractivity contribution in [3.63, 3.8) is 0 Å². The van der Waals surface area contributed by atoms with Crippen LogP contribution < -0.4 is 0 Å². The minimum Gasteiger partial charge on any atom is -0.236 e. The molecule has 22 heavy (non-hydrogen) atoms. The van der Waals surface area contributed by atoms with E-state index >= 15 is 0 Å². The molecule has 4 nitrogen and oxygen atoms in total. The summed E-state index contributed by atoms with van der Waals surface area (Å²) in [6.45, 7) is 3.91. The fourth-order valence-corrected chi connectivity index (χ4v) is 2.34. The van der Waals surface area contributed by atoms with Crippen LogP contribution in [0.25, 0.3) is 5.69 Å². The van der Waals surface area contributed by atoms with Crippen molar-refractivity contribution in [1.29, 1.82) is 0 Å². The maximum atomic E-state index is 5.93. The molecular formula is C17H15ClN4. The normalized spacial score (nSPS) is 11.2. The van der Waals surface area contributed by atoms with Crippen molar-refractivity contribution in [2.75, 3.05) is 0 Å². The summed E-state index contributed by atoms with van der Waals surface area (Å²) in [5.74, 6) is 0. The Morgan fingerprint density at radius 1 is 0.909 bits per heavy atom. The Labute approximate surface area is 134 Å². The van der Waals surface area contributed by atoms with Gasteiger partial charge < -0.3 is 0 Å². The Morgan fingerprint density at radius 2 is 1.59 bits per heavy atom. The van der Waals surface area contributed by atoms with E-state index in [2.05, 4.69) is 15.3 Å². The highest BCUT2D eigenvalue weighted by Gasteiger charge is 2.12. The smallest absolute Gasteiger partial charge is 0.130 e. The molecule has 0 fully saturated rings. The number of nitrogens with zero attached hydrogens (tertiary/aromatic N) is 4. The van der Waals surface area contributed by atoms with Gasteiger partial charge in [-0.1, -0.05) is 29.8 Å². The van der Waals surface area contributed by atoms with E-state index in [4.69, 9.17) is 11.6 Å². The van der Waals surface area contributed by atoms with Crippen LogP contribution >= 0.6 is 11.6 Å². The molecule has 1 heterocycles. The predicted octanol–water partition coefficient (Wildman–Crippen LogP) is 5.56. The molecule has 0 spiro atoms. The summed E-state index contributed by atoms with van der Waals surface area (Å²) in [6, 6.07) is 17.2. The van der Waals surface area contributed by atoms with Crippen LogP contribution in [0.1, 0.15) is 11.4 Å². The number of azo groups is 1. The molecule has 2 aromatic carbocycles. The molecule has 0 N–H and O–H groups in total. The van der Waals surface area contributed by atoms with Crippen molar-refractivity contribution in [1.82, 2.24) is 9.78 Å². The van der Waals surface area contributed by atoms with E-state index < -0.39 is 0 Å². The number of hydrogen-bond acceptors (Lipinski definition) is 3. The van der Waals surface area contributed by atoms with E-state index in [0.717, 1.165) is 28.5 Å². The fraction of sp³-hybridized carbons (Fsp3) is 0.118. The van der Waals surface area contributed by atoms with Crippen molar-refractivity contribution in [3.05, 3.63) is 71.0 Å². The molecule has 0 saturated carbocycles. The molecule has 0 radical (unpaired) electrons. The number of aryl methyl sites for hydroxylation is 1. The summed E-state index contributed by atoms with van der Waals surface area (Å²) in [5.41, 5.74) is 4.34. The molecule has 5 heteroatoms. The predicted molar refractivity (Wildman–Crippen MR) is 88.7 cm³/mol. The van der Waals surface area contributed by atoms with Crippen LogP contribution in [0.15, 0.2) is 64.8 Å². The van der Waals surface area contributed by atoms with Gasteiger partial charge in [0.2, 0.25) is 0 Å². The molecule has 0 aliphatic rings. The first-order chi connectivity index (χ1) is 10.6. The molecule has 3 aromatic rings. The fourth-order valence-electron chi connectivity index (χ4n) is 2.22. The molecule has 1 aromatic heterocycles. The molecule has 0 atom stereocenters. The minimum atomic E-state index is 0.703. The molecular weight excluding hydrogens is 296 g/mol. The number of rotatable bonds is 3. The van der Waals surface area contributed by atoms with Gasteiger partial charge in [0, 0.05) is 5.02 Å². The van der Waals surface area contributed by atoms with Crippen LogP contribution in [-0.2, 0) is 0 Å². The maximum absolute atomic E-state index is 5.93. The lowest BCUT2D eigenvalue weighted by Crippen LogP contribution is -1.98. The zero-order valence-corrected chi connectivity index (χ0v) is 13.1. The van der Waals surface area contributed by atoms with Gasteiger partial charge in [-0.05, 0) is 50.2 Å². The zero-order valence-electron chi connectivity index (χ0n) is 12.4. The molecule has 3 rings (SSSR count). The largest absolute Gasteiger partial charge is 0.236 e. The molecule has 0 saturated heterocycles. The first-order valence-corrected chi connectivity index (χ1v) is 7.32. The van der Waals surface area contributed by atoms with Crippen LogP contribution in [0, 0.1) is 13.8 Å². The Balaban J connectivity index is 1.97. The highest BCUT2D eigenvalue weighted by molar-refractivity contribution is 6.30. The van der Waals surface area contributed by atoms with Crippen molar-refractivity contribution in [2.45, 2.75) is 13.8 Å². The lowest BCUT2D eigenvalue weighted by Gasteiger charge is -2.03. The highest BCUT2D eigenvalue weighted by Crippen LogP contribution is 2.27. The number of hydrogen-bond donors (Lipinski definition) is 0. The first-order valence-electron chi connectivity index (χ1n) is 6.94. The number of benzene rings is 2. The minimum absolute atomic E-state index is 0.703. The van der Waals surface area contributed by atoms with Gasteiger partial charge in [0.15, 0.2) is 0 Å². The van der Waals surface area contributed by atoms with Crippen LogP contribution in [0.4, 0.5) is 11.4 Å². The first kappa shape index (κ1) is 14.5. The molecule has 0 aliphatic heterocycles. The monoisotopic (exact) mass is 310 g/mol. The van der Waals surface area contributed by atoms with Crippen LogP contribution in [0.2, 0.25) is 5.02 Å². The summed E-state index contributed by atoms with van der Waals surface area (Å²) < 4.78 is 1.85. The summed E-state index contributed by atoms with van der Waals surface area (Å²) >= 11 is 5.93. The number of halogens is 1. The SMILES string of the molecule is Cc1nn(-c2ccc(Cl)cc2)c(C)c1N=Nc1ccccc1. The van der Waals surface area contributed by atoms with Crippen molar-refractivity contribution in [3.8, 4) is 5.69 Å². The van der Waals surface area contributed by atoms with Crippen LogP contribution in [0.5, 0.6) is 0 Å². The average molecular weight is 311 g/mol. The third kappa shape index (κ3) is 2.92. The van der Waals surface area contributed by atoms with Gasteiger partial charge in [0.25, 0.3) is 0 Å². The average Bonchev–Trinajstić information content (AvgIpc) is 2.82. The molecule has 110 valence electrons. The van der Waals surface area contributed by atoms with Crippen molar-refractivity contribution >= 4 is 23.0 Å². The zero-order chi connectivity index (χ0) is 15.5. The highest BCUT2D eigenvalue weighted by atomic mass is 35.5. The molecule has 0 bridgehead atoms. The van der Waals surface area contributed by atoms with E-state index in [0.29, 0.717) is 5.02 Å². The standard InChI is InChI=1S/C17H15ClN4/c1-12-17(20-19-15-6-4-3-5-7-15)13(2)22(21-12)16-10-8-14(18)9-11-16/h3-11H,1-2H3. The van der Waals surface area contributed by atoms with Gasteiger partial charge in [-0.25, -0.2) is 4.68 Å². The van der Waals surface area contributed by atoms with Crippen molar-refractivity contribution in [2.24, 2.45) is 10.2 Å². The molecule has 0 aliphatic carbocycles. The second-order valence-electron chi connectivity index (χ2n) is 4.94. The third-order valence-electron chi connectivity index (χ3n) is 3.35. The van der Waals surface area contributed by atoms with Gasteiger partial charge in [-0.3, -0.25) is 0 Å². The second-order valence-corrected chi connectivity index (χ2v) is 5.38. The number of aromatic nitrogens is 2. The Hall–Kier alpha value is -2.46. The Kier molecular flexibility index (Phi) is 4.02. The topological polar surface area (TPSA) is 42.5 Å². The van der Waals surface area contributed by atoms with Gasteiger partial charge in [-0.2, -0.15) is 10.2 Å².